The largest absolute Gasteiger partial charge is 0.456 e. The molecule has 0 aliphatic carbocycles. The number of benzene rings is 7. The van der Waals surface area contributed by atoms with Crippen molar-refractivity contribution in [3.8, 4) is 56.4 Å². The molecule has 0 N–H and O–H groups in total. The maximum Gasteiger partial charge on any atom is 0.164 e. The lowest BCUT2D eigenvalue weighted by molar-refractivity contribution is 0.668. The lowest BCUT2D eigenvalue weighted by atomic mass is 9.96. The summed E-state index contributed by atoms with van der Waals surface area (Å²) in [5.74, 6) is 1.81. The second kappa shape index (κ2) is 11.4. The summed E-state index contributed by atoms with van der Waals surface area (Å²) >= 11 is 0. The summed E-state index contributed by atoms with van der Waals surface area (Å²) in [5.41, 5.74) is 10.1. The summed E-state index contributed by atoms with van der Waals surface area (Å²) in [5, 5.41) is 4.14. The van der Waals surface area contributed by atoms with E-state index in [1.165, 1.54) is 0 Å². The third-order valence-electron chi connectivity index (χ3n) is 9.36. The average Bonchev–Trinajstić information content (AvgIpc) is 3.77. The van der Waals surface area contributed by atoms with Gasteiger partial charge in [-0.25, -0.2) is 15.0 Å². The number of hydrogen-bond acceptors (Lipinski definition) is 5. The summed E-state index contributed by atoms with van der Waals surface area (Å²) in [6.07, 6.45) is 0. The van der Waals surface area contributed by atoms with E-state index in [1.807, 2.05) is 84.9 Å². The summed E-state index contributed by atoms with van der Waals surface area (Å²) in [6.45, 7) is 0. The molecule has 0 saturated heterocycles. The number of aromatic nitrogens is 3. The van der Waals surface area contributed by atoms with Crippen molar-refractivity contribution in [1.29, 1.82) is 0 Å². The molecule has 0 spiro atoms. The first-order valence-corrected chi connectivity index (χ1v) is 16.6. The van der Waals surface area contributed by atoms with Crippen LogP contribution in [-0.4, -0.2) is 15.0 Å². The molecule has 0 unspecified atom stereocenters. The molecule has 0 atom stereocenters. The Kier molecular flexibility index (Phi) is 6.42. The first-order valence-electron chi connectivity index (χ1n) is 16.6. The van der Waals surface area contributed by atoms with Crippen molar-refractivity contribution in [2.24, 2.45) is 0 Å². The van der Waals surface area contributed by atoms with Crippen LogP contribution >= 0.6 is 0 Å². The molecule has 0 aliphatic rings. The van der Waals surface area contributed by atoms with Gasteiger partial charge in [-0.1, -0.05) is 133 Å². The van der Waals surface area contributed by atoms with Crippen LogP contribution in [0.2, 0.25) is 0 Å². The summed E-state index contributed by atoms with van der Waals surface area (Å²) in [6, 6.07) is 55.6. The molecule has 0 saturated carbocycles. The molecule has 3 aromatic heterocycles. The highest BCUT2D eigenvalue weighted by atomic mass is 16.3. The van der Waals surface area contributed by atoms with Crippen molar-refractivity contribution in [2.75, 3.05) is 0 Å². The lowest BCUT2D eigenvalue weighted by Gasteiger charge is -2.10. The molecule has 234 valence electrons. The summed E-state index contributed by atoms with van der Waals surface area (Å²) in [4.78, 5) is 15.1. The van der Waals surface area contributed by atoms with Crippen LogP contribution in [0.4, 0.5) is 0 Å². The molecule has 7 aromatic carbocycles. The number of fused-ring (bicyclic) bond motifs is 6. The Morgan fingerprint density at radius 2 is 0.880 bits per heavy atom. The fourth-order valence-electron chi connectivity index (χ4n) is 6.98. The van der Waals surface area contributed by atoms with Crippen molar-refractivity contribution < 1.29 is 8.83 Å². The number of para-hydroxylation sites is 2. The lowest BCUT2D eigenvalue weighted by Crippen LogP contribution is -2.00. The van der Waals surface area contributed by atoms with Gasteiger partial charge in [0.15, 0.2) is 17.5 Å². The fraction of sp³-hybridized carbons (Fsp3) is 0. The predicted molar refractivity (Wildman–Crippen MR) is 202 cm³/mol. The maximum absolute atomic E-state index is 6.98. The molecule has 0 radical (unpaired) electrons. The molecule has 5 nitrogen and oxygen atoms in total. The Hall–Kier alpha value is -6.85. The van der Waals surface area contributed by atoms with Crippen LogP contribution in [-0.2, 0) is 0 Å². The molecule has 50 heavy (non-hydrogen) atoms. The van der Waals surface area contributed by atoms with Crippen molar-refractivity contribution in [3.63, 3.8) is 0 Å². The minimum absolute atomic E-state index is 0.583. The molecule has 0 amide bonds. The van der Waals surface area contributed by atoms with Gasteiger partial charge in [-0.3, -0.25) is 0 Å². The monoisotopic (exact) mass is 641 g/mol. The fourth-order valence-corrected chi connectivity index (χ4v) is 6.98. The van der Waals surface area contributed by atoms with E-state index in [1.54, 1.807) is 0 Å². The second-order valence-corrected chi connectivity index (χ2v) is 12.4. The van der Waals surface area contributed by atoms with Crippen LogP contribution in [0.15, 0.2) is 173 Å². The molecule has 0 bridgehead atoms. The third kappa shape index (κ3) is 4.60. The highest BCUT2D eigenvalue weighted by Crippen LogP contribution is 2.44. The van der Waals surface area contributed by atoms with E-state index in [-0.39, 0.29) is 0 Å². The van der Waals surface area contributed by atoms with E-state index in [4.69, 9.17) is 23.8 Å². The van der Waals surface area contributed by atoms with E-state index in [9.17, 15) is 0 Å². The zero-order chi connectivity index (χ0) is 33.0. The number of furan rings is 2. The molecule has 3 heterocycles. The SMILES string of the molecule is c1ccc(-c2nc(-c3ccccc3)nc(-c3ccc(-c4ccccc4)c4oc5c(-c6ccc7c(c6)oc6ccccc67)cccc5c34)n2)cc1. The minimum atomic E-state index is 0.583. The minimum Gasteiger partial charge on any atom is -0.456 e. The van der Waals surface area contributed by atoms with Crippen LogP contribution < -0.4 is 0 Å². The highest BCUT2D eigenvalue weighted by Gasteiger charge is 2.22. The van der Waals surface area contributed by atoms with Gasteiger partial charge in [0.05, 0.1) is 0 Å². The molecule has 5 heteroatoms. The number of hydrogen-bond donors (Lipinski definition) is 0. The third-order valence-corrected chi connectivity index (χ3v) is 9.36. The van der Waals surface area contributed by atoms with Crippen LogP contribution in [0.3, 0.4) is 0 Å². The first-order chi connectivity index (χ1) is 24.8. The predicted octanol–water partition coefficient (Wildman–Crippen LogP) is 12.0. The Labute approximate surface area is 287 Å². The Morgan fingerprint density at radius 3 is 1.60 bits per heavy atom. The van der Waals surface area contributed by atoms with Gasteiger partial charge in [-0.15, -0.1) is 0 Å². The first kappa shape index (κ1) is 28.2. The number of nitrogens with zero attached hydrogens (tertiary/aromatic N) is 3. The zero-order valence-corrected chi connectivity index (χ0v) is 26.7. The standard InChI is InChI=1S/C45H27N3O2/c1-4-13-28(14-5-1)33-25-26-37(45-47-43(29-15-6-2-7-16-29)46-44(48-45)30-17-8-3-9-18-30)40-36-21-12-20-32(41(36)50-42(33)40)31-23-24-35-34-19-10-11-22-38(34)49-39(35)27-31/h1-27H. The Balaban J connectivity index is 1.25. The van der Waals surface area contributed by atoms with Crippen molar-refractivity contribution in [2.45, 2.75) is 0 Å². The van der Waals surface area contributed by atoms with Gasteiger partial charge in [0.1, 0.15) is 22.3 Å². The van der Waals surface area contributed by atoms with Crippen LogP contribution in [0.25, 0.3) is 100 Å². The van der Waals surface area contributed by atoms with Gasteiger partial charge in [-0.05, 0) is 41.5 Å². The van der Waals surface area contributed by atoms with Gasteiger partial charge in [0.2, 0.25) is 0 Å². The van der Waals surface area contributed by atoms with Gasteiger partial charge >= 0.3 is 0 Å². The van der Waals surface area contributed by atoms with E-state index >= 15 is 0 Å². The maximum atomic E-state index is 6.98. The molecule has 0 aliphatic heterocycles. The molecule has 10 aromatic rings. The molecular formula is C45H27N3O2. The normalized spacial score (nSPS) is 11.6. The molecule has 0 fully saturated rings. The van der Waals surface area contributed by atoms with E-state index in [2.05, 4.69) is 78.9 Å². The smallest absolute Gasteiger partial charge is 0.164 e. The van der Waals surface area contributed by atoms with Crippen LogP contribution in [0.1, 0.15) is 0 Å². The van der Waals surface area contributed by atoms with Crippen LogP contribution in [0, 0.1) is 0 Å². The van der Waals surface area contributed by atoms with Crippen LogP contribution in [0.5, 0.6) is 0 Å². The zero-order valence-electron chi connectivity index (χ0n) is 26.7. The number of rotatable bonds is 5. The highest BCUT2D eigenvalue weighted by molar-refractivity contribution is 6.18. The van der Waals surface area contributed by atoms with Crippen molar-refractivity contribution >= 4 is 43.9 Å². The molecular weight excluding hydrogens is 615 g/mol. The average molecular weight is 642 g/mol. The second-order valence-electron chi connectivity index (χ2n) is 12.4. The van der Waals surface area contributed by atoms with Gasteiger partial charge in [0, 0.05) is 49.4 Å². The topological polar surface area (TPSA) is 65.0 Å². The van der Waals surface area contributed by atoms with Crippen molar-refractivity contribution in [1.82, 2.24) is 15.0 Å². The van der Waals surface area contributed by atoms with E-state index in [0.29, 0.717) is 17.5 Å². The van der Waals surface area contributed by atoms with E-state index < -0.39 is 0 Å². The summed E-state index contributed by atoms with van der Waals surface area (Å²) in [7, 11) is 0. The van der Waals surface area contributed by atoms with E-state index in [0.717, 1.165) is 82.8 Å². The van der Waals surface area contributed by atoms with Gasteiger partial charge < -0.3 is 8.83 Å². The summed E-state index contributed by atoms with van der Waals surface area (Å²) < 4.78 is 13.3. The Morgan fingerprint density at radius 1 is 0.320 bits per heavy atom. The Bertz CT molecular complexity index is 2800. The molecule has 10 rings (SSSR count). The van der Waals surface area contributed by atoms with Gasteiger partial charge in [-0.2, -0.15) is 0 Å². The van der Waals surface area contributed by atoms with Gasteiger partial charge in [0.25, 0.3) is 0 Å². The quantitative estimate of drug-likeness (QED) is 0.187. The van der Waals surface area contributed by atoms with Crippen molar-refractivity contribution in [3.05, 3.63) is 164 Å².